The molecule has 3 rings (SSSR count). The zero-order valence-corrected chi connectivity index (χ0v) is 17.2. The minimum absolute atomic E-state index is 0.188. The van der Waals surface area contributed by atoms with Crippen LogP contribution in [0.15, 0.2) is 42.5 Å². The van der Waals surface area contributed by atoms with E-state index in [4.69, 9.17) is 14.2 Å². The van der Waals surface area contributed by atoms with Crippen molar-refractivity contribution in [3.63, 3.8) is 0 Å². The number of aryl methyl sites for hydroxylation is 2. The van der Waals surface area contributed by atoms with Crippen molar-refractivity contribution in [3.8, 4) is 28.5 Å². The molecule has 0 amide bonds. The number of rotatable bonds is 7. The van der Waals surface area contributed by atoms with Crippen LogP contribution in [-0.2, 0) is 0 Å². The molecule has 6 heteroatoms. The van der Waals surface area contributed by atoms with E-state index in [1.54, 1.807) is 18.2 Å². The number of ketones is 1. The average Bonchev–Trinajstić information content (AvgIpc) is 3.21. The first-order valence-electron chi connectivity index (χ1n) is 9.12. The van der Waals surface area contributed by atoms with Gasteiger partial charge in [0.05, 0.1) is 32.7 Å². The molecule has 150 valence electrons. The van der Waals surface area contributed by atoms with Crippen LogP contribution in [0.3, 0.4) is 0 Å². The van der Waals surface area contributed by atoms with E-state index in [1.807, 2.05) is 12.1 Å². The van der Waals surface area contributed by atoms with E-state index in [-0.39, 0.29) is 5.78 Å². The summed E-state index contributed by atoms with van der Waals surface area (Å²) in [4.78, 5) is 12.6. The molecule has 0 bridgehead atoms. The Balaban J connectivity index is 1.82. The van der Waals surface area contributed by atoms with Gasteiger partial charge >= 0.3 is 0 Å². The van der Waals surface area contributed by atoms with Gasteiger partial charge in [0.1, 0.15) is 0 Å². The molecule has 0 aliphatic rings. The largest absolute Gasteiger partial charge is 0.493 e. The lowest BCUT2D eigenvalue weighted by Gasteiger charge is -2.13. The molecule has 2 aromatic carbocycles. The van der Waals surface area contributed by atoms with Crippen molar-refractivity contribution in [2.24, 2.45) is 0 Å². The molecule has 3 aromatic rings. The molecule has 1 N–H and O–H groups in total. The van der Waals surface area contributed by atoms with Crippen molar-refractivity contribution < 1.29 is 19.0 Å². The lowest BCUT2D eigenvalue weighted by molar-refractivity contribution is 0.104. The Morgan fingerprint density at radius 2 is 1.62 bits per heavy atom. The van der Waals surface area contributed by atoms with Crippen LogP contribution in [0, 0.1) is 13.8 Å². The lowest BCUT2D eigenvalue weighted by atomic mass is 10.0. The molecule has 0 saturated carbocycles. The van der Waals surface area contributed by atoms with Gasteiger partial charge in [0.2, 0.25) is 5.75 Å². The summed E-state index contributed by atoms with van der Waals surface area (Å²) >= 11 is 0. The zero-order valence-electron chi connectivity index (χ0n) is 17.2. The first kappa shape index (κ1) is 20.2. The highest BCUT2D eigenvalue weighted by molar-refractivity contribution is 6.07. The molecule has 0 aliphatic heterocycles. The minimum atomic E-state index is -0.188. The molecule has 0 fully saturated rings. The fraction of sp³-hybridized carbons (Fsp3) is 0.217. The number of hydrogen-bond acceptors (Lipinski definition) is 5. The Bertz CT molecular complexity index is 1040. The fourth-order valence-corrected chi connectivity index (χ4v) is 2.96. The first-order valence-corrected chi connectivity index (χ1v) is 9.12. The summed E-state index contributed by atoms with van der Waals surface area (Å²) in [6, 6.07) is 11.4. The average molecular weight is 392 g/mol. The molecule has 0 atom stereocenters. The predicted molar refractivity (Wildman–Crippen MR) is 113 cm³/mol. The monoisotopic (exact) mass is 392 g/mol. The van der Waals surface area contributed by atoms with Gasteiger partial charge in [0.15, 0.2) is 17.3 Å². The van der Waals surface area contributed by atoms with Gasteiger partial charge < -0.3 is 14.2 Å². The Hall–Kier alpha value is -3.54. The molecule has 0 radical (unpaired) electrons. The quantitative estimate of drug-likeness (QED) is 0.469. The SMILES string of the molecule is COc1cc(C(=O)/C=C/c2cc(-c3ccc(C)c(C)c3)n[nH]2)cc(OC)c1OC. The van der Waals surface area contributed by atoms with E-state index in [0.29, 0.717) is 22.8 Å². The maximum Gasteiger partial charge on any atom is 0.203 e. The fourth-order valence-electron chi connectivity index (χ4n) is 2.96. The Morgan fingerprint density at radius 3 is 2.21 bits per heavy atom. The number of nitrogens with zero attached hydrogens (tertiary/aromatic N) is 1. The predicted octanol–water partition coefficient (Wildman–Crippen LogP) is 4.62. The number of carbonyl (C=O) groups is 1. The number of carbonyl (C=O) groups excluding carboxylic acids is 1. The smallest absolute Gasteiger partial charge is 0.203 e. The van der Waals surface area contributed by atoms with Gasteiger partial charge in [-0.05, 0) is 61.4 Å². The van der Waals surface area contributed by atoms with E-state index >= 15 is 0 Å². The molecule has 0 saturated heterocycles. The van der Waals surface area contributed by atoms with Crippen LogP contribution >= 0.6 is 0 Å². The number of aromatic amines is 1. The van der Waals surface area contributed by atoms with Crippen LogP contribution in [-0.4, -0.2) is 37.3 Å². The highest BCUT2D eigenvalue weighted by Gasteiger charge is 2.15. The van der Waals surface area contributed by atoms with Crippen LogP contribution in [0.4, 0.5) is 0 Å². The van der Waals surface area contributed by atoms with Gasteiger partial charge in [-0.15, -0.1) is 0 Å². The summed E-state index contributed by atoms with van der Waals surface area (Å²) in [6.07, 6.45) is 3.18. The van der Waals surface area contributed by atoms with Crippen LogP contribution in [0.25, 0.3) is 17.3 Å². The molecule has 1 heterocycles. The van der Waals surface area contributed by atoms with E-state index in [1.165, 1.54) is 38.5 Å². The van der Waals surface area contributed by atoms with Crippen LogP contribution in [0.5, 0.6) is 17.2 Å². The van der Waals surface area contributed by atoms with E-state index in [2.05, 4.69) is 36.2 Å². The summed E-state index contributed by atoms with van der Waals surface area (Å²) in [7, 11) is 4.55. The molecule has 1 aromatic heterocycles. The van der Waals surface area contributed by atoms with Gasteiger partial charge in [0.25, 0.3) is 0 Å². The Labute approximate surface area is 170 Å². The highest BCUT2D eigenvalue weighted by Crippen LogP contribution is 2.38. The van der Waals surface area contributed by atoms with Crippen LogP contribution in [0.1, 0.15) is 27.2 Å². The van der Waals surface area contributed by atoms with Crippen molar-refractivity contribution in [2.45, 2.75) is 13.8 Å². The molecule has 0 unspecified atom stereocenters. The standard InChI is InChI=1S/C23H24N2O4/c1-14-6-7-16(10-15(14)2)19-13-18(24-25-19)8-9-20(26)17-11-21(27-3)23(29-5)22(12-17)28-4/h6-13H,1-5H3,(H,24,25)/b9-8+. The minimum Gasteiger partial charge on any atom is -0.493 e. The molecule has 0 spiro atoms. The molecular weight excluding hydrogens is 368 g/mol. The van der Waals surface area contributed by atoms with E-state index < -0.39 is 0 Å². The van der Waals surface area contributed by atoms with Crippen molar-refractivity contribution in [3.05, 3.63) is 64.9 Å². The lowest BCUT2D eigenvalue weighted by Crippen LogP contribution is -2.00. The van der Waals surface area contributed by atoms with Gasteiger partial charge in [0, 0.05) is 11.1 Å². The summed E-state index contributed by atoms with van der Waals surface area (Å²) in [5, 5.41) is 7.29. The Morgan fingerprint density at radius 1 is 0.931 bits per heavy atom. The van der Waals surface area contributed by atoms with Crippen molar-refractivity contribution in [1.82, 2.24) is 10.2 Å². The van der Waals surface area contributed by atoms with Crippen molar-refractivity contribution in [2.75, 3.05) is 21.3 Å². The number of hydrogen-bond donors (Lipinski definition) is 1. The number of allylic oxidation sites excluding steroid dienone is 1. The van der Waals surface area contributed by atoms with Crippen molar-refractivity contribution >= 4 is 11.9 Å². The summed E-state index contributed by atoms with van der Waals surface area (Å²) < 4.78 is 15.9. The summed E-state index contributed by atoms with van der Waals surface area (Å²) in [6.45, 7) is 4.15. The van der Waals surface area contributed by atoms with Crippen LogP contribution < -0.4 is 14.2 Å². The zero-order chi connectivity index (χ0) is 21.0. The van der Waals surface area contributed by atoms with E-state index in [0.717, 1.165) is 17.0 Å². The molecule has 6 nitrogen and oxygen atoms in total. The number of ether oxygens (including phenoxy) is 3. The number of nitrogens with one attached hydrogen (secondary N) is 1. The Kier molecular flexibility index (Phi) is 6.02. The van der Waals surface area contributed by atoms with Gasteiger partial charge in [-0.3, -0.25) is 9.89 Å². The van der Waals surface area contributed by atoms with E-state index in [9.17, 15) is 4.79 Å². The van der Waals surface area contributed by atoms with Gasteiger partial charge in [-0.2, -0.15) is 5.10 Å². The third-order valence-electron chi connectivity index (χ3n) is 4.76. The topological polar surface area (TPSA) is 73.4 Å². The van der Waals surface area contributed by atoms with Gasteiger partial charge in [-0.1, -0.05) is 12.1 Å². The maximum absolute atomic E-state index is 12.6. The first-order chi connectivity index (χ1) is 14.0. The highest BCUT2D eigenvalue weighted by atomic mass is 16.5. The molecular formula is C23H24N2O4. The second-order valence-corrected chi connectivity index (χ2v) is 6.62. The van der Waals surface area contributed by atoms with Gasteiger partial charge in [-0.25, -0.2) is 0 Å². The summed E-state index contributed by atoms with van der Waals surface area (Å²) in [5.41, 5.74) is 5.47. The number of methoxy groups -OCH3 is 3. The third-order valence-corrected chi connectivity index (χ3v) is 4.76. The van der Waals surface area contributed by atoms with Crippen molar-refractivity contribution in [1.29, 1.82) is 0 Å². The molecule has 29 heavy (non-hydrogen) atoms. The second-order valence-electron chi connectivity index (χ2n) is 6.62. The summed E-state index contributed by atoms with van der Waals surface area (Å²) in [5.74, 6) is 1.12. The number of H-pyrrole nitrogens is 1. The normalized spacial score (nSPS) is 10.9. The number of benzene rings is 2. The number of aromatic nitrogens is 2. The maximum atomic E-state index is 12.6. The van der Waals surface area contributed by atoms with Crippen LogP contribution in [0.2, 0.25) is 0 Å². The third kappa shape index (κ3) is 4.32. The molecule has 0 aliphatic carbocycles. The second kappa shape index (κ2) is 8.65.